The van der Waals surface area contributed by atoms with Crippen LogP contribution in [0, 0.1) is 0 Å². The van der Waals surface area contributed by atoms with E-state index in [1.54, 1.807) is 0 Å². The Hall–Kier alpha value is -1.78. The van der Waals surface area contributed by atoms with Crippen LogP contribution < -0.4 is 0 Å². The molecule has 0 unspecified atom stereocenters. The lowest BCUT2D eigenvalue weighted by Gasteiger charge is -2.14. The normalized spacial score (nSPS) is 11.0. The number of Topliss-reactive ketones (excluding diaryl/α,β-unsaturated/α-hetero) is 3. The average Bonchev–Trinajstić information content (AvgIpc) is 2.54. The van der Waals surface area contributed by atoms with Crippen LogP contribution in [0.5, 0.6) is 0 Å². The molecule has 0 rings (SSSR count). The maximum atomic E-state index is 12.2. The zero-order valence-electron chi connectivity index (χ0n) is 14.8. The van der Waals surface area contributed by atoms with Crippen molar-refractivity contribution in [2.75, 3.05) is 19.8 Å². The summed E-state index contributed by atoms with van der Waals surface area (Å²) in [5.74, 6) is -1.64. The van der Waals surface area contributed by atoms with Gasteiger partial charge >= 0.3 is 7.82 Å². The number of phosphoric acid groups is 1. The second kappa shape index (κ2) is 11.8. The summed E-state index contributed by atoms with van der Waals surface area (Å²) in [6.45, 7) is 12.5. The first-order valence-electron chi connectivity index (χ1n) is 7.08. The third kappa shape index (κ3) is 10.3. The molecule has 0 saturated carbocycles. The van der Waals surface area contributed by atoms with Gasteiger partial charge in [-0.15, -0.1) is 14.0 Å². The smallest absolute Gasteiger partial charge is 0.292 e. The fourth-order valence-electron chi connectivity index (χ4n) is 0.840. The lowest BCUT2D eigenvalue weighted by molar-refractivity contribution is -0.317. The molecule has 11 heteroatoms. The number of rotatable bonds is 15. The highest BCUT2D eigenvalue weighted by Crippen LogP contribution is 2.50. The summed E-state index contributed by atoms with van der Waals surface area (Å²) >= 11 is 0. The van der Waals surface area contributed by atoms with Crippen LogP contribution in [0.4, 0.5) is 0 Å². The Morgan fingerprint density at radius 3 is 1.08 bits per heavy atom. The molecule has 0 aromatic rings. The molecule has 0 saturated heterocycles. The van der Waals surface area contributed by atoms with E-state index in [2.05, 4.69) is 48.4 Å². The van der Waals surface area contributed by atoms with Gasteiger partial charge in [-0.3, -0.25) is 14.4 Å². The molecule has 0 atom stereocenters. The van der Waals surface area contributed by atoms with Crippen LogP contribution in [-0.4, -0.2) is 37.2 Å². The molecule has 0 aliphatic rings. The van der Waals surface area contributed by atoms with E-state index in [1.807, 2.05) is 0 Å². The van der Waals surface area contributed by atoms with Gasteiger partial charge in [0.2, 0.25) is 0 Å². The third-order valence-corrected chi connectivity index (χ3v) is 3.29. The van der Waals surface area contributed by atoms with E-state index in [9.17, 15) is 18.9 Å². The summed E-state index contributed by atoms with van der Waals surface area (Å²) in [6, 6.07) is 0. The monoisotopic (exact) mass is 392 g/mol. The Morgan fingerprint density at radius 2 is 0.885 bits per heavy atom. The maximum Gasteiger partial charge on any atom is 0.556 e. The topological polar surface area (TPSA) is 124 Å². The molecule has 0 fully saturated rings. The van der Waals surface area contributed by atoms with Crippen molar-refractivity contribution in [1.29, 1.82) is 0 Å². The highest BCUT2D eigenvalue weighted by atomic mass is 31.2. The summed E-state index contributed by atoms with van der Waals surface area (Å²) in [6.07, 6.45) is 0. The van der Waals surface area contributed by atoms with E-state index < -0.39 is 45.0 Å². The summed E-state index contributed by atoms with van der Waals surface area (Å²) in [5.41, 5.74) is 0.491. The number of carbonyl (C=O) groups excluding carboxylic acids is 3. The van der Waals surface area contributed by atoms with E-state index in [0.29, 0.717) is 0 Å². The Balaban J connectivity index is 4.70. The maximum absolute atomic E-state index is 12.2. The second-order valence-electron chi connectivity index (χ2n) is 5.07. The van der Waals surface area contributed by atoms with Crippen LogP contribution >= 0.6 is 7.82 Å². The second-order valence-corrected chi connectivity index (χ2v) is 6.41. The number of hydrogen-bond acceptors (Lipinski definition) is 10. The van der Waals surface area contributed by atoms with Gasteiger partial charge in [0, 0.05) is 0 Å². The molecule has 0 radical (unpaired) electrons. The Labute approximate surface area is 150 Å². The highest BCUT2D eigenvalue weighted by Gasteiger charge is 2.33. The summed E-state index contributed by atoms with van der Waals surface area (Å²) in [7, 11) is -4.69. The van der Waals surface area contributed by atoms with Crippen LogP contribution in [0.3, 0.4) is 0 Å². The minimum Gasteiger partial charge on any atom is -0.292 e. The lowest BCUT2D eigenvalue weighted by Crippen LogP contribution is -2.14. The van der Waals surface area contributed by atoms with Gasteiger partial charge in [0.15, 0.2) is 17.3 Å². The van der Waals surface area contributed by atoms with Crippen molar-refractivity contribution in [3.05, 3.63) is 36.5 Å². The predicted octanol–water partition coefficient (Wildman–Crippen LogP) is 2.37. The van der Waals surface area contributed by atoms with Crippen LogP contribution in [-0.2, 0) is 47.6 Å². The molecule has 10 nitrogen and oxygen atoms in total. The molecule has 0 heterocycles. The first kappa shape index (κ1) is 24.2. The molecule has 0 aliphatic carbocycles. The van der Waals surface area contributed by atoms with Crippen molar-refractivity contribution in [2.24, 2.45) is 0 Å². The molecule has 0 N–H and O–H groups in total. The van der Waals surface area contributed by atoms with Gasteiger partial charge in [-0.25, -0.2) is 19.2 Å². The fraction of sp³-hybridized carbons (Fsp3) is 0.400. The van der Waals surface area contributed by atoms with Crippen LogP contribution in [0.15, 0.2) is 36.5 Å². The van der Waals surface area contributed by atoms with Gasteiger partial charge < -0.3 is 0 Å². The molecule has 0 aliphatic heterocycles. The Kier molecular flexibility index (Phi) is 11.0. The van der Waals surface area contributed by atoms with Gasteiger partial charge in [-0.1, -0.05) is 19.7 Å². The van der Waals surface area contributed by atoms with E-state index in [-0.39, 0.29) is 16.7 Å². The van der Waals surface area contributed by atoms with E-state index in [4.69, 9.17) is 0 Å². The quantitative estimate of drug-likeness (QED) is 0.177. The van der Waals surface area contributed by atoms with Crippen molar-refractivity contribution in [3.63, 3.8) is 0 Å². The van der Waals surface area contributed by atoms with Crippen molar-refractivity contribution in [2.45, 2.75) is 20.8 Å². The van der Waals surface area contributed by atoms with Gasteiger partial charge in [-0.05, 0) is 37.5 Å². The van der Waals surface area contributed by atoms with E-state index in [1.165, 1.54) is 20.8 Å². The van der Waals surface area contributed by atoms with Gasteiger partial charge in [0.05, 0.1) is 0 Å². The van der Waals surface area contributed by atoms with Crippen LogP contribution in [0.2, 0.25) is 0 Å². The largest absolute Gasteiger partial charge is 0.556 e. The van der Waals surface area contributed by atoms with Crippen molar-refractivity contribution in [3.8, 4) is 0 Å². The Morgan fingerprint density at radius 1 is 0.654 bits per heavy atom. The number of ketones is 3. The predicted molar refractivity (Wildman–Crippen MR) is 88.2 cm³/mol. The van der Waals surface area contributed by atoms with Crippen LogP contribution in [0.25, 0.3) is 0 Å². The summed E-state index contributed by atoms with van der Waals surface area (Å²) < 4.78 is 25.3. The molecule has 146 valence electrons. The molecule has 0 amide bonds. The first-order valence-corrected chi connectivity index (χ1v) is 8.54. The van der Waals surface area contributed by atoms with Crippen molar-refractivity contribution < 1.29 is 47.6 Å². The summed E-state index contributed by atoms with van der Waals surface area (Å²) in [5, 5.41) is 0. The minimum absolute atomic E-state index is 0.164. The molecule has 26 heavy (non-hydrogen) atoms. The third-order valence-electron chi connectivity index (χ3n) is 2.43. The lowest BCUT2D eigenvalue weighted by atomic mass is 10.2. The van der Waals surface area contributed by atoms with Crippen LogP contribution in [0.1, 0.15) is 20.8 Å². The zero-order chi connectivity index (χ0) is 20.3. The first-order chi connectivity index (χ1) is 12.0. The molecule has 0 aromatic carbocycles. The van der Waals surface area contributed by atoms with Gasteiger partial charge in [0.25, 0.3) is 0 Å². The number of carbonyl (C=O) groups is 3. The minimum atomic E-state index is -4.69. The molecular weight excluding hydrogens is 371 g/mol. The molecule has 0 spiro atoms. The molecule has 0 aromatic heterocycles. The van der Waals surface area contributed by atoms with Gasteiger partial charge in [-0.2, -0.15) is 0 Å². The number of hydrogen-bond donors (Lipinski definition) is 0. The van der Waals surface area contributed by atoms with Gasteiger partial charge in [0.1, 0.15) is 19.8 Å². The molecular formula is C15H21O10P. The van der Waals surface area contributed by atoms with E-state index >= 15 is 0 Å². The van der Waals surface area contributed by atoms with Crippen molar-refractivity contribution >= 4 is 25.2 Å². The SMILES string of the molecule is C=C(C)C(=O)COOP(=O)(OOCC(=O)C(=C)C)OOCC(=O)C(=C)C. The highest BCUT2D eigenvalue weighted by molar-refractivity contribution is 7.48. The molecule has 0 bridgehead atoms. The summed E-state index contributed by atoms with van der Waals surface area (Å²) in [4.78, 5) is 47.3. The average molecular weight is 392 g/mol. The Bertz CT molecular complexity index is 551. The zero-order valence-corrected chi connectivity index (χ0v) is 15.7. The van der Waals surface area contributed by atoms with Crippen molar-refractivity contribution in [1.82, 2.24) is 0 Å². The van der Waals surface area contributed by atoms with E-state index in [0.717, 1.165) is 0 Å². The fourth-order valence-corrected chi connectivity index (χ4v) is 1.46. The standard InChI is InChI=1S/C15H21O10P/c1-10(2)13(16)7-20-23-26(19,24-21-8-14(17)11(3)4)25-22-9-15(18)12(5)6/h1,3,5,7-9H2,2,4,6H3.